The summed E-state index contributed by atoms with van der Waals surface area (Å²) in [6.07, 6.45) is 2.47. The van der Waals surface area contributed by atoms with Crippen LogP contribution in [0.25, 0.3) is 0 Å². The average molecular weight is 333 g/mol. The second kappa shape index (κ2) is 8.06. The van der Waals surface area contributed by atoms with Crippen LogP contribution in [-0.4, -0.2) is 13.1 Å². The lowest BCUT2D eigenvalue weighted by Gasteiger charge is -2.29. The van der Waals surface area contributed by atoms with Gasteiger partial charge in [0.05, 0.1) is 0 Å². The van der Waals surface area contributed by atoms with E-state index in [1.165, 1.54) is 24.1 Å². The van der Waals surface area contributed by atoms with Crippen molar-refractivity contribution < 1.29 is 0 Å². The number of hydrogen-bond acceptors (Lipinski definition) is 1. The highest BCUT2D eigenvalue weighted by molar-refractivity contribution is 9.10. The van der Waals surface area contributed by atoms with Crippen LogP contribution in [0, 0.1) is 5.92 Å². The van der Waals surface area contributed by atoms with E-state index < -0.39 is 0 Å². The highest BCUT2D eigenvalue weighted by Crippen LogP contribution is 2.27. The molecule has 18 heavy (non-hydrogen) atoms. The van der Waals surface area contributed by atoms with Crippen molar-refractivity contribution in [2.75, 3.05) is 18.0 Å². The fourth-order valence-electron chi connectivity index (χ4n) is 2.23. The molecule has 0 bridgehead atoms. The van der Waals surface area contributed by atoms with Gasteiger partial charge in [-0.2, -0.15) is 0 Å². The van der Waals surface area contributed by atoms with Crippen molar-refractivity contribution in [3.05, 3.63) is 28.2 Å². The normalized spacial score (nSPS) is 11.0. The van der Waals surface area contributed by atoms with Crippen molar-refractivity contribution in [3.8, 4) is 0 Å². The van der Waals surface area contributed by atoms with Gasteiger partial charge in [-0.1, -0.05) is 42.6 Å². The second-order valence-corrected chi connectivity index (χ2v) is 5.81. The van der Waals surface area contributed by atoms with Gasteiger partial charge in [-0.15, -0.1) is 11.6 Å². The standard InChI is InChI=1S/C15H23BrClN/c1-4-12(5-2)11-18(6-3)15-8-7-14(16)9-13(15)10-17/h7-9,12H,4-6,10-11H2,1-3H3. The van der Waals surface area contributed by atoms with Crippen LogP contribution >= 0.6 is 27.5 Å². The van der Waals surface area contributed by atoms with E-state index in [1.54, 1.807) is 0 Å². The molecule has 0 aromatic heterocycles. The Balaban J connectivity index is 2.93. The summed E-state index contributed by atoms with van der Waals surface area (Å²) >= 11 is 9.57. The lowest BCUT2D eigenvalue weighted by atomic mass is 10.0. The van der Waals surface area contributed by atoms with Crippen molar-refractivity contribution in [1.82, 2.24) is 0 Å². The predicted molar refractivity (Wildman–Crippen MR) is 85.7 cm³/mol. The first-order valence-electron chi connectivity index (χ1n) is 6.75. The zero-order chi connectivity index (χ0) is 13.5. The molecule has 1 aromatic carbocycles. The zero-order valence-corrected chi connectivity index (χ0v) is 13.9. The highest BCUT2D eigenvalue weighted by atomic mass is 79.9. The number of alkyl halides is 1. The summed E-state index contributed by atoms with van der Waals surface area (Å²) in [5, 5.41) is 0. The minimum Gasteiger partial charge on any atom is -0.371 e. The Morgan fingerprint density at radius 2 is 1.89 bits per heavy atom. The van der Waals surface area contributed by atoms with Gasteiger partial charge in [0.15, 0.2) is 0 Å². The molecule has 1 aromatic rings. The van der Waals surface area contributed by atoms with Crippen LogP contribution in [0.3, 0.4) is 0 Å². The maximum atomic E-state index is 6.06. The molecule has 0 unspecified atom stereocenters. The van der Waals surface area contributed by atoms with Crippen LogP contribution < -0.4 is 4.90 Å². The first kappa shape index (κ1) is 15.8. The minimum absolute atomic E-state index is 0.564. The van der Waals surface area contributed by atoms with Crippen LogP contribution in [0.5, 0.6) is 0 Å². The number of anilines is 1. The summed E-state index contributed by atoms with van der Waals surface area (Å²) in [5.41, 5.74) is 2.49. The van der Waals surface area contributed by atoms with Gasteiger partial charge in [0.2, 0.25) is 0 Å². The van der Waals surface area contributed by atoms with E-state index in [1.807, 2.05) is 0 Å². The number of hydrogen-bond donors (Lipinski definition) is 0. The molecule has 0 heterocycles. The van der Waals surface area contributed by atoms with Gasteiger partial charge in [0.25, 0.3) is 0 Å². The van der Waals surface area contributed by atoms with Crippen molar-refractivity contribution in [2.45, 2.75) is 39.5 Å². The fourth-order valence-corrected chi connectivity index (χ4v) is 2.85. The Kier molecular flexibility index (Phi) is 7.10. The van der Waals surface area contributed by atoms with Gasteiger partial charge < -0.3 is 4.90 Å². The van der Waals surface area contributed by atoms with Gasteiger partial charge in [0, 0.05) is 29.1 Å². The van der Waals surface area contributed by atoms with Crippen LogP contribution in [0.4, 0.5) is 5.69 Å². The molecule has 1 nitrogen and oxygen atoms in total. The minimum atomic E-state index is 0.564. The number of benzene rings is 1. The zero-order valence-electron chi connectivity index (χ0n) is 11.5. The van der Waals surface area contributed by atoms with Gasteiger partial charge in [-0.25, -0.2) is 0 Å². The highest BCUT2D eigenvalue weighted by Gasteiger charge is 2.13. The fraction of sp³-hybridized carbons (Fsp3) is 0.600. The average Bonchev–Trinajstić information content (AvgIpc) is 2.41. The van der Waals surface area contributed by atoms with Gasteiger partial charge in [-0.3, -0.25) is 0 Å². The molecular weight excluding hydrogens is 310 g/mol. The monoisotopic (exact) mass is 331 g/mol. The topological polar surface area (TPSA) is 3.24 Å². The van der Waals surface area contributed by atoms with E-state index in [4.69, 9.17) is 11.6 Å². The van der Waals surface area contributed by atoms with E-state index in [9.17, 15) is 0 Å². The summed E-state index contributed by atoms with van der Waals surface area (Å²) in [6.45, 7) is 8.90. The van der Waals surface area contributed by atoms with Crippen molar-refractivity contribution in [2.24, 2.45) is 5.92 Å². The summed E-state index contributed by atoms with van der Waals surface area (Å²) in [6, 6.07) is 6.40. The molecule has 0 aliphatic rings. The summed E-state index contributed by atoms with van der Waals surface area (Å²) < 4.78 is 1.10. The Morgan fingerprint density at radius 1 is 1.22 bits per heavy atom. The van der Waals surface area contributed by atoms with Crippen LogP contribution in [0.1, 0.15) is 39.2 Å². The Morgan fingerprint density at radius 3 is 2.39 bits per heavy atom. The molecule has 0 fully saturated rings. The Hall–Kier alpha value is -0.210. The van der Waals surface area contributed by atoms with E-state index in [2.05, 4.69) is 59.8 Å². The molecule has 0 aliphatic carbocycles. The molecule has 102 valence electrons. The Labute approximate surface area is 125 Å². The molecular formula is C15H23BrClN. The van der Waals surface area contributed by atoms with Gasteiger partial charge >= 0.3 is 0 Å². The van der Waals surface area contributed by atoms with Crippen molar-refractivity contribution in [3.63, 3.8) is 0 Å². The second-order valence-electron chi connectivity index (χ2n) is 4.63. The van der Waals surface area contributed by atoms with Crippen LogP contribution in [0.2, 0.25) is 0 Å². The number of halogens is 2. The molecule has 3 heteroatoms. The molecule has 0 radical (unpaired) electrons. The maximum Gasteiger partial charge on any atom is 0.0494 e. The molecule has 0 spiro atoms. The van der Waals surface area contributed by atoms with E-state index in [0.717, 1.165) is 23.5 Å². The van der Waals surface area contributed by atoms with Crippen molar-refractivity contribution in [1.29, 1.82) is 0 Å². The molecule has 0 saturated heterocycles. The summed E-state index contributed by atoms with van der Waals surface area (Å²) in [4.78, 5) is 2.45. The third-order valence-electron chi connectivity index (χ3n) is 3.54. The first-order valence-corrected chi connectivity index (χ1v) is 8.08. The van der Waals surface area contributed by atoms with E-state index in [-0.39, 0.29) is 0 Å². The van der Waals surface area contributed by atoms with E-state index in [0.29, 0.717) is 5.88 Å². The first-order chi connectivity index (χ1) is 8.65. The molecule has 0 amide bonds. The van der Waals surface area contributed by atoms with Gasteiger partial charge in [0.1, 0.15) is 0 Å². The molecule has 0 N–H and O–H groups in total. The maximum absolute atomic E-state index is 6.06. The Bertz CT molecular complexity index is 364. The third kappa shape index (κ3) is 4.17. The number of nitrogens with zero attached hydrogens (tertiary/aromatic N) is 1. The quantitative estimate of drug-likeness (QED) is 0.600. The molecule has 0 atom stereocenters. The summed E-state index contributed by atoms with van der Waals surface area (Å²) in [5.74, 6) is 1.32. The summed E-state index contributed by atoms with van der Waals surface area (Å²) in [7, 11) is 0. The predicted octanol–water partition coefficient (Wildman–Crippen LogP) is 5.45. The SMILES string of the molecule is CCC(CC)CN(CC)c1ccc(Br)cc1CCl. The third-order valence-corrected chi connectivity index (χ3v) is 4.32. The molecule has 0 saturated carbocycles. The van der Waals surface area contributed by atoms with Crippen LogP contribution in [0.15, 0.2) is 22.7 Å². The van der Waals surface area contributed by atoms with Gasteiger partial charge in [-0.05, 0) is 36.6 Å². The lowest BCUT2D eigenvalue weighted by molar-refractivity contribution is 0.486. The van der Waals surface area contributed by atoms with Crippen LogP contribution in [-0.2, 0) is 5.88 Å². The molecule has 0 aliphatic heterocycles. The number of rotatable bonds is 7. The van der Waals surface area contributed by atoms with E-state index >= 15 is 0 Å². The molecule has 1 rings (SSSR count). The smallest absolute Gasteiger partial charge is 0.0494 e. The van der Waals surface area contributed by atoms with Crippen molar-refractivity contribution >= 4 is 33.2 Å². The largest absolute Gasteiger partial charge is 0.371 e. The lowest BCUT2D eigenvalue weighted by Crippen LogP contribution is -2.29.